The van der Waals surface area contributed by atoms with E-state index in [9.17, 15) is 13.2 Å². The molecule has 1 aromatic rings. The van der Waals surface area contributed by atoms with E-state index < -0.39 is 12.0 Å². The van der Waals surface area contributed by atoms with E-state index in [0.29, 0.717) is 6.42 Å². The van der Waals surface area contributed by atoms with Crippen molar-refractivity contribution in [1.29, 1.82) is 5.26 Å². The Balaban J connectivity index is 2.17. The van der Waals surface area contributed by atoms with Crippen molar-refractivity contribution >= 4 is 0 Å². The fraction of sp³-hybridized carbons (Fsp3) is 0.571. The number of hydrogen-bond acceptors (Lipinski definition) is 4. The van der Waals surface area contributed by atoms with Gasteiger partial charge in [-0.05, 0) is 6.42 Å². The Morgan fingerprint density at radius 2 is 2.21 bits per heavy atom. The van der Waals surface area contributed by atoms with Crippen LogP contribution in [-0.2, 0) is 6.18 Å². The van der Waals surface area contributed by atoms with Crippen LogP contribution in [0.25, 0.3) is 0 Å². The highest BCUT2D eigenvalue weighted by atomic mass is 19.4. The maximum Gasteiger partial charge on any atom is 0.455 e. The predicted octanol–water partition coefficient (Wildman–Crippen LogP) is 1.72. The molecule has 1 saturated carbocycles. The average Bonchev–Trinajstić information content (AvgIpc) is 2.71. The summed E-state index contributed by atoms with van der Waals surface area (Å²) in [5.74, 6) is -1.97. The van der Waals surface area contributed by atoms with E-state index >= 15 is 0 Å². The SMILES string of the molecule is N#CC1CC1c1nc(C(F)(F)F)no1. The van der Waals surface area contributed by atoms with Gasteiger partial charge in [-0.1, -0.05) is 5.16 Å². The summed E-state index contributed by atoms with van der Waals surface area (Å²) < 4.78 is 40.5. The van der Waals surface area contributed by atoms with Crippen molar-refractivity contribution in [2.75, 3.05) is 0 Å². The molecular formula is C7H4F3N3O. The second-order valence-corrected chi connectivity index (χ2v) is 3.03. The predicted molar refractivity (Wildman–Crippen MR) is 35.8 cm³/mol. The Labute approximate surface area is 76.3 Å². The molecule has 2 unspecified atom stereocenters. The van der Waals surface area contributed by atoms with Crippen molar-refractivity contribution in [2.45, 2.75) is 18.5 Å². The highest BCUT2D eigenvalue weighted by Crippen LogP contribution is 2.46. The minimum absolute atomic E-state index is 0.0936. The van der Waals surface area contributed by atoms with Gasteiger partial charge < -0.3 is 4.52 Å². The lowest BCUT2D eigenvalue weighted by Crippen LogP contribution is -2.07. The molecule has 14 heavy (non-hydrogen) atoms. The van der Waals surface area contributed by atoms with Gasteiger partial charge in [0.1, 0.15) is 0 Å². The average molecular weight is 203 g/mol. The Bertz CT molecular complexity index is 392. The third-order valence-corrected chi connectivity index (χ3v) is 1.97. The summed E-state index contributed by atoms with van der Waals surface area (Å²) in [7, 11) is 0. The number of nitriles is 1. The number of alkyl halides is 3. The van der Waals surface area contributed by atoms with E-state index in [4.69, 9.17) is 5.26 Å². The highest BCUT2D eigenvalue weighted by molar-refractivity contribution is 5.15. The van der Waals surface area contributed by atoms with Crippen LogP contribution in [0.2, 0.25) is 0 Å². The van der Waals surface area contributed by atoms with E-state index in [1.807, 2.05) is 6.07 Å². The lowest BCUT2D eigenvalue weighted by molar-refractivity contribution is -0.146. The minimum Gasteiger partial charge on any atom is -0.339 e. The van der Waals surface area contributed by atoms with Crippen LogP contribution in [-0.4, -0.2) is 10.1 Å². The van der Waals surface area contributed by atoms with E-state index in [-0.39, 0.29) is 17.7 Å². The van der Waals surface area contributed by atoms with Crippen molar-refractivity contribution < 1.29 is 17.7 Å². The summed E-state index contributed by atoms with van der Waals surface area (Å²) in [6.45, 7) is 0. The van der Waals surface area contributed by atoms with Crippen LogP contribution in [0, 0.1) is 17.2 Å². The molecule has 0 aliphatic heterocycles. The molecule has 0 aromatic carbocycles. The summed E-state index contributed by atoms with van der Waals surface area (Å²) in [4.78, 5) is 3.19. The summed E-state index contributed by atoms with van der Waals surface area (Å²) in [5.41, 5.74) is 0. The van der Waals surface area contributed by atoms with Crippen LogP contribution >= 0.6 is 0 Å². The van der Waals surface area contributed by atoms with Crippen LogP contribution < -0.4 is 0 Å². The van der Waals surface area contributed by atoms with Crippen molar-refractivity contribution in [1.82, 2.24) is 10.1 Å². The number of aromatic nitrogens is 2. The van der Waals surface area contributed by atoms with E-state index in [2.05, 4.69) is 14.7 Å². The van der Waals surface area contributed by atoms with E-state index in [1.54, 1.807) is 0 Å². The lowest BCUT2D eigenvalue weighted by Gasteiger charge is -1.95. The molecule has 0 radical (unpaired) electrons. The third-order valence-electron chi connectivity index (χ3n) is 1.97. The Morgan fingerprint density at radius 3 is 2.64 bits per heavy atom. The van der Waals surface area contributed by atoms with Gasteiger partial charge in [-0.15, -0.1) is 0 Å². The van der Waals surface area contributed by atoms with Crippen molar-refractivity contribution in [3.63, 3.8) is 0 Å². The van der Waals surface area contributed by atoms with E-state index in [1.165, 1.54) is 0 Å². The standard InChI is InChI=1S/C7H4F3N3O/c8-7(9,10)6-12-5(14-13-6)4-1-3(4)2-11/h3-4H,1H2. The van der Waals surface area contributed by atoms with Crippen molar-refractivity contribution in [3.8, 4) is 6.07 Å². The van der Waals surface area contributed by atoms with E-state index in [0.717, 1.165) is 0 Å². The summed E-state index contributed by atoms with van der Waals surface area (Å²) in [6, 6.07) is 1.93. The van der Waals surface area contributed by atoms with Gasteiger partial charge in [0, 0.05) is 0 Å². The molecule has 2 atom stereocenters. The van der Waals surface area contributed by atoms with Gasteiger partial charge in [-0.3, -0.25) is 0 Å². The minimum atomic E-state index is -4.58. The van der Waals surface area contributed by atoms with Crippen LogP contribution in [0.5, 0.6) is 0 Å². The van der Waals surface area contributed by atoms with Gasteiger partial charge >= 0.3 is 6.18 Å². The van der Waals surface area contributed by atoms with Gasteiger partial charge in [0.25, 0.3) is 5.82 Å². The molecule has 2 rings (SSSR count). The molecule has 0 amide bonds. The Hall–Kier alpha value is -1.58. The Morgan fingerprint density at radius 1 is 1.50 bits per heavy atom. The number of nitrogens with zero attached hydrogens (tertiary/aromatic N) is 3. The number of hydrogen-bond donors (Lipinski definition) is 0. The van der Waals surface area contributed by atoms with Gasteiger partial charge in [0.2, 0.25) is 5.89 Å². The third kappa shape index (κ3) is 1.43. The molecule has 0 spiro atoms. The summed E-state index contributed by atoms with van der Waals surface area (Å²) >= 11 is 0. The zero-order valence-corrected chi connectivity index (χ0v) is 6.75. The van der Waals surface area contributed by atoms with Gasteiger partial charge in [0.05, 0.1) is 17.9 Å². The Kier molecular flexibility index (Phi) is 1.74. The van der Waals surface area contributed by atoms with Crippen LogP contribution in [0.1, 0.15) is 24.1 Å². The van der Waals surface area contributed by atoms with Crippen molar-refractivity contribution in [3.05, 3.63) is 11.7 Å². The molecule has 0 N–H and O–H groups in total. The maximum atomic E-state index is 12.0. The fourth-order valence-electron chi connectivity index (χ4n) is 1.11. The first-order valence-corrected chi connectivity index (χ1v) is 3.83. The molecule has 1 aliphatic rings. The van der Waals surface area contributed by atoms with Crippen LogP contribution in [0.15, 0.2) is 4.52 Å². The molecule has 0 bridgehead atoms. The lowest BCUT2D eigenvalue weighted by atomic mass is 10.3. The highest BCUT2D eigenvalue weighted by Gasteiger charge is 2.45. The fourth-order valence-corrected chi connectivity index (χ4v) is 1.11. The molecule has 1 heterocycles. The maximum absolute atomic E-state index is 12.0. The zero-order chi connectivity index (χ0) is 10.3. The molecular weight excluding hydrogens is 199 g/mol. The molecule has 1 fully saturated rings. The van der Waals surface area contributed by atoms with Gasteiger partial charge in [-0.25, -0.2) is 0 Å². The smallest absolute Gasteiger partial charge is 0.339 e. The number of halogens is 3. The van der Waals surface area contributed by atoms with Crippen molar-refractivity contribution in [2.24, 2.45) is 5.92 Å². The van der Waals surface area contributed by atoms with Crippen LogP contribution in [0.3, 0.4) is 0 Å². The number of rotatable bonds is 1. The second-order valence-electron chi connectivity index (χ2n) is 3.03. The topological polar surface area (TPSA) is 62.7 Å². The quantitative estimate of drug-likeness (QED) is 0.696. The molecule has 0 saturated heterocycles. The largest absolute Gasteiger partial charge is 0.455 e. The molecule has 1 aromatic heterocycles. The second kappa shape index (κ2) is 2.70. The molecule has 74 valence electrons. The first kappa shape index (κ1) is 8.99. The molecule has 7 heteroatoms. The first-order chi connectivity index (χ1) is 6.52. The normalized spacial score (nSPS) is 25.9. The van der Waals surface area contributed by atoms with Gasteiger partial charge in [-0.2, -0.15) is 23.4 Å². The monoisotopic (exact) mass is 203 g/mol. The summed E-state index contributed by atoms with van der Waals surface area (Å²) in [5, 5.41) is 11.2. The molecule has 1 aliphatic carbocycles. The summed E-state index contributed by atoms with van der Waals surface area (Å²) in [6.07, 6.45) is -4.09. The van der Waals surface area contributed by atoms with Gasteiger partial charge in [0.15, 0.2) is 0 Å². The zero-order valence-electron chi connectivity index (χ0n) is 6.75. The van der Waals surface area contributed by atoms with Crippen LogP contribution in [0.4, 0.5) is 13.2 Å². The first-order valence-electron chi connectivity index (χ1n) is 3.83. The molecule has 4 nitrogen and oxygen atoms in total.